The summed E-state index contributed by atoms with van der Waals surface area (Å²) in [7, 11) is -1.44. The van der Waals surface area contributed by atoms with Crippen molar-refractivity contribution in [2.45, 2.75) is 30.7 Å². The molecule has 4 rings (SSSR count). The zero-order chi connectivity index (χ0) is 21.1. The van der Waals surface area contributed by atoms with Crippen LogP contribution in [0.5, 0.6) is 5.75 Å². The number of amidine groups is 1. The maximum Gasteiger partial charge on any atom is 0.248 e. The van der Waals surface area contributed by atoms with Crippen molar-refractivity contribution in [2.75, 3.05) is 18.6 Å². The van der Waals surface area contributed by atoms with E-state index in [1.54, 1.807) is 7.11 Å². The average Bonchev–Trinajstić information content (AvgIpc) is 3.19. The van der Waals surface area contributed by atoms with Crippen LogP contribution in [0.3, 0.4) is 0 Å². The van der Waals surface area contributed by atoms with Gasteiger partial charge in [0.25, 0.3) is 0 Å². The Kier molecular flexibility index (Phi) is 6.15. The normalized spacial score (nSPS) is 23.5. The number of sulfone groups is 1. The predicted molar refractivity (Wildman–Crippen MR) is 120 cm³/mol. The molecule has 2 aromatic rings. The summed E-state index contributed by atoms with van der Waals surface area (Å²) in [6, 6.07) is 17.4. The molecule has 2 aliphatic rings. The van der Waals surface area contributed by atoms with Gasteiger partial charge >= 0.3 is 0 Å². The zero-order valence-corrected chi connectivity index (χ0v) is 18.4. The molecule has 8 heteroatoms. The summed E-state index contributed by atoms with van der Waals surface area (Å²) in [4.78, 5) is 18.9. The van der Waals surface area contributed by atoms with Crippen molar-refractivity contribution in [3.05, 3.63) is 65.7 Å². The van der Waals surface area contributed by atoms with Gasteiger partial charge in [-0.3, -0.25) is 4.79 Å². The topological polar surface area (TPSA) is 76.0 Å². The largest absolute Gasteiger partial charge is 0.497 e. The van der Waals surface area contributed by atoms with Crippen LogP contribution < -0.4 is 4.74 Å². The molecular formula is C22H24N2O4S2. The molecule has 0 radical (unpaired) electrons. The van der Waals surface area contributed by atoms with E-state index in [4.69, 9.17) is 4.74 Å². The van der Waals surface area contributed by atoms with Gasteiger partial charge in [-0.1, -0.05) is 54.2 Å². The van der Waals surface area contributed by atoms with Crippen LogP contribution in [-0.4, -0.2) is 54.3 Å². The molecule has 2 saturated heterocycles. The summed E-state index contributed by atoms with van der Waals surface area (Å²) in [5.74, 6) is 0.834. The molecule has 0 aromatic heterocycles. The number of hydrogen-bond donors (Lipinski definition) is 0. The van der Waals surface area contributed by atoms with E-state index in [0.717, 1.165) is 16.9 Å². The standard InChI is InChI=1S/C22H24N2O4S2/c1-28-18-10-7-17(8-11-18)13-24-19-14-30(26,27)15-20(19)29-22(24)23-21(25)12-9-16-5-3-2-4-6-16/h2-8,10-11,19-20H,9,12-15H2,1H3/t19-,20-/m1/s1. The Hall–Kier alpha value is -2.32. The Balaban J connectivity index is 1.51. The molecule has 0 unspecified atom stereocenters. The Morgan fingerprint density at radius 3 is 2.53 bits per heavy atom. The maximum absolute atomic E-state index is 12.5. The number of carbonyl (C=O) groups excluding carboxylic acids is 1. The number of rotatable bonds is 6. The molecule has 2 fully saturated rings. The molecule has 0 aliphatic carbocycles. The number of amides is 1. The molecule has 0 saturated carbocycles. The van der Waals surface area contributed by atoms with E-state index in [-0.39, 0.29) is 28.7 Å². The second-order valence-electron chi connectivity index (χ2n) is 7.55. The number of carbonyl (C=O) groups is 1. The third-order valence-corrected chi connectivity index (χ3v) is 8.63. The van der Waals surface area contributed by atoms with Gasteiger partial charge in [-0.05, 0) is 29.7 Å². The fourth-order valence-electron chi connectivity index (χ4n) is 3.81. The summed E-state index contributed by atoms with van der Waals surface area (Å²) < 4.78 is 29.5. The highest BCUT2D eigenvalue weighted by molar-refractivity contribution is 8.15. The molecule has 1 amide bonds. The molecule has 6 nitrogen and oxygen atoms in total. The van der Waals surface area contributed by atoms with Crippen LogP contribution in [0.25, 0.3) is 0 Å². The van der Waals surface area contributed by atoms with E-state index >= 15 is 0 Å². The SMILES string of the molecule is COc1ccc(CN2C(=NC(=O)CCc3ccccc3)S[C@@H]3CS(=O)(=O)C[C@H]32)cc1. The van der Waals surface area contributed by atoms with E-state index in [2.05, 4.69) is 4.99 Å². The Bertz CT molecular complexity index is 1040. The lowest BCUT2D eigenvalue weighted by atomic mass is 10.1. The number of methoxy groups -OCH3 is 1. The molecule has 2 heterocycles. The zero-order valence-electron chi connectivity index (χ0n) is 16.7. The molecule has 2 aromatic carbocycles. The molecule has 2 aliphatic heterocycles. The number of aliphatic imine (C=N–C) groups is 1. The van der Waals surface area contributed by atoms with Gasteiger partial charge in [0, 0.05) is 18.2 Å². The lowest BCUT2D eigenvalue weighted by Gasteiger charge is -2.24. The first-order valence-electron chi connectivity index (χ1n) is 9.85. The van der Waals surface area contributed by atoms with Gasteiger partial charge in [-0.15, -0.1) is 0 Å². The Morgan fingerprint density at radius 2 is 1.83 bits per heavy atom. The van der Waals surface area contributed by atoms with Crippen LogP contribution in [0.15, 0.2) is 59.6 Å². The fraction of sp³-hybridized carbons (Fsp3) is 0.364. The summed E-state index contributed by atoms with van der Waals surface area (Å²) in [5.41, 5.74) is 2.12. The van der Waals surface area contributed by atoms with Crippen LogP contribution in [0, 0.1) is 0 Å². The number of nitrogens with zero attached hydrogens (tertiary/aromatic N) is 2. The average molecular weight is 445 g/mol. The highest BCUT2D eigenvalue weighted by atomic mass is 32.2. The van der Waals surface area contributed by atoms with Crippen LogP contribution in [0.2, 0.25) is 0 Å². The number of benzene rings is 2. The van der Waals surface area contributed by atoms with Crippen molar-refractivity contribution < 1.29 is 17.9 Å². The number of hydrogen-bond acceptors (Lipinski definition) is 5. The second-order valence-corrected chi connectivity index (χ2v) is 10.9. The summed E-state index contributed by atoms with van der Waals surface area (Å²) >= 11 is 1.42. The highest BCUT2D eigenvalue weighted by Crippen LogP contribution is 2.39. The molecule has 2 atom stereocenters. The Morgan fingerprint density at radius 1 is 1.10 bits per heavy atom. The second kappa shape index (κ2) is 8.81. The van der Waals surface area contributed by atoms with Gasteiger partial charge in [-0.2, -0.15) is 4.99 Å². The van der Waals surface area contributed by atoms with Gasteiger partial charge in [0.1, 0.15) is 5.75 Å². The first-order chi connectivity index (χ1) is 14.4. The van der Waals surface area contributed by atoms with Crippen molar-refractivity contribution in [3.8, 4) is 5.75 Å². The molecule has 30 heavy (non-hydrogen) atoms. The minimum absolute atomic E-state index is 0.0751. The number of ether oxygens (including phenoxy) is 1. The third kappa shape index (κ3) is 4.87. The maximum atomic E-state index is 12.5. The molecular weight excluding hydrogens is 420 g/mol. The van der Waals surface area contributed by atoms with E-state index in [9.17, 15) is 13.2 Å². The van der Waals surface area contributed by atoms with Crippen LogP contribution in [-0.2, 0) is 27.6 Å². The van der Waals surface area contributed by atoms with Crippen molar-refractivity contribution in [3.63, 3.8) is 0 Å². The van der Waals surface area contributed by atoms with Crippen LogP contribution in [0.4, 0.5) is 0 Å². The van der Waals surface area contributed by atoms with Crippen molar-refractivity contribution in [2.24, 2.45) is 4.99 Å². The van der Waals surface area contributed by atoms with Gasteiger partial charge in [0.15, 0.2) is 15.0 Å². The quantitative estimate of drug-likeness (QED) is 0.682. The van der Waals surface area contributed by atoms with Crippen LogP contribution in [0.1, 0.15) is 17.5 Å². The highest BCUT2D eigenvalue weighted by Gasteiger charge is 2.48. The minimum atomic E-state index is -3.06. The van der Waals surface area contributed by atoms with Crippen LogP contribution >= 0.6 is 11.8 Å². The molecule has 0 bridgehead atoms. The van der Waals surface area contributed by atoms with Gasteiger partial charge in [0.2, 0.25) is 5.91 Å². The third-order valence-electron chi connectivity index (χ3n) is 5.38. The van der Waals surface area contributed by atoms with E-state index in [1.807, 2.05) is 59.5 Å². The van der Waals surface area contributed by atoms with E-state index in [1.165, 1.54) is 11.8 Å². The number of aryl methyl sites for hydroxylation is 1. The monoisotopic (exact) mass is 444 g/mol. The molecule has 0 spiro atoms. The van der Waals surface area contributed by atoms with Crippen molar-refractivity contribution >= 4 is 32.7 Å². The van der Waals surface area contributed by atoms with Gasteiger partial charge in [-0.25, -0.2) is 8.42 Å². The summed E-state index contributed by atoms with van der Waals surface area (Å²) in [6.45, 7) is 0.512. The minimum Gasteiger partial charge on any atom is -0.497 e. The fourth-order valence-corrected chi connectivity index (χ4v) is 7.77. The molecule has 0 N–H and O–H groups in total. The first-order valence-corrected chi connectivity index (χ1v) is 12.6. The van der Waals surface area contributed by atoms with Crippen molar-refractivity contribution in [1.82, 2.24) is 4.90 Å². The lowest BCUT2D eigenvalue weighted by molar-refractivity contribution is -0.117. The number of thioether (sulfide) groups is 1. The molecule has 158 valence electrons. The number of fused-ring (bicyclic) bond motifs is 1. The smallest absolute Gasteiger partial charge is 0.248 e. The van der Waals surface area contributed by atoms with Gasteiger partial charge in [0.05, 0.1) is 24.7 Å². The Labute approximate surface area is 181 Å². The van der Waals surface area contributed by atoms with Gasteiger partial charge < -0.3 is 9.64 Å². The predicted octanol–water partition coefficient (Wildman–Crippen LogP) is 2.93. The summed E-state index contributed by atoms with van der Waals surface area (Å²) in [6.07, 6.45) is 0.971. The van der Waals surface area contributed by atoms with E-state index < -0.39 is 9.84 Å². The first kappa shape index (κ1) is 20.9. The summed E-state index contributed by atoms with van der Waals surface area (Å²) in [5, 5.41) is 0.558. The van der Waals surface area contributed by atoms with Crippen molar-refractivity contribution in [1.29, 1.82) is 0 Å². The van der Waals surface area contributed by atoms with E-state index in [0.29, 0.717) is 24.6 Å². The lowest BCUT2D eigenvalue weighted by Crippen LogP contribution is -2.37.